The number of hydrogen-bond acceptors (Lipinski definition) is 4. The molecular formula is C27H30F3N5O. The number of amides is 1. The summed E-state index contributed by atoms with van der Waals surface area (Å²) in [5.41, 5.74) is 3.13. The number of aryl methyl sites for hydroxylation is 2. The van der Waals surface area contributed by atoms with Crippen molar-refractivity contribution < 1.29 is 18.0 Å². The van der Waals surface area contributed by atoms with Crippen LogP contribution in [0.5, 0.6) is 0 Å². The van der Waals surface area contributed by atoms with E-state index in [0.717, 1.165) is 28.2 Å². The zero-order valence-electron chi connectivity index (χ0n) is 21.3. The van der Waals surface area contributed by atoms with E-state index < -0.39 is 17.8 Å². The second-order valence-electron chi connectivity index (χ2n) is 9.40. The van der Waals surface area contributed by atoms with Crippen LogP contribution in [0.2, 0.25) is 0 Å². The van der Waals surface area contributed by atoms with Gasteiger partial charge in [-0.2, -0.15) is 13.2 Å². The fourth-order valence-corrected chi connectivity index (χ4v) is 4.85. The maximum Gasteiger partial charge on any atom is 0.416 e. The van der Waals surface area contributed by atoms with E-state index >= 15 is 0 Å². The van der Waals surface area contributed by atoms with Crippen molar-refractivity contribution in [1.82, 2.24) is 19.4 Å². The highest BCUT2D eigenvalue weighted by Crippen LogP contribution is 2.35. The Hall–Kier alpha value is -3.49. The van der Waals surface area contributed by atoms with Crippen molar-refractivity contribution in [3.63, 3.8) is 0 Å². The maximum absolute atomic E-state index is 13.5. The molecule has 2 aromatic heterocycles. The Morgan fingerprint density at radius 3 is 2.61 bits per heavy atom. The normalized spacial score (nSPS) is 17.9. The van der Waals surface area contributed by atoms with Crippen LogP contribution in [-0.2, 0) is 18.0 Å². The van der Waals surface area contributed by atoms with Crippen LogP contribution >= 0.6 is 0 Å². The SMILES string of the molecule is CC(=O)N1CC=C(c2cc3/c(=N/C(C)c4cccc(C(F)(F)F)c4C)nc(C)n(C)c3cn2)C[C@H]1C. The van der Waals surface area contributed by atoms with Gasteiger partial charge in [-0.25, -0.2) is 4.98 Å². The highest BCUT2D eigenvalue weighted by molar-refractivity contribution is 5.82. The van der Waals surface area contributed by atoms with E-state index in [0.29, 0.717) is 29.8 Å². The molecule has 0 saturated carbocycles. The molecular weight excluding hydrogens is 467 g/mol. The summed E-state index contributed by atoms with van der Waals surface area (Å²) in [4.78, 5) is 27.8. The van der Waals surface area contributed by atoms with Crippen molar-refractivity contribution in [1.29, 1.82) is 0 Å². The van der Waals surface area contributed by atoms with Crippen LogP contribution in [0.3, 0.4) is 0 Å². The van der Waals surface area contributed by atoms with E-state index in [1.54, 1.807) is 26.1 Å². The van der Waals surface area contributed by atoms with Crippen LogP contribution in [0.15, 0.2) is 41.5 Å². The van der Waals surface area contributed by atoms with Crippen molar-refractivity contribution in [3.8, 4) is 0 Å². The number of carbonyl (C=O) groups excluding carboxylic acids is 1. The van der Waals surface area contributed by atoms with Crippen molar-refractivity contribution >= 4 is 22.4 Å². The third kappa shape index (κ3) is 4.79. The molecule has 1 aliphatic heterocycles. The zero-order valence-corrected chi connectivity index (χ0v) is 21.3. The Kier molecular flexibility index (Phi) is 6.77. The van der Waals surface area contributed by atoms with Gasteiger partial charge in [-0.1, -0.05) is 18.2 Å². The smallest absolute Gasteiger partial charge is 0.336 e. The second kappa shape index (κ2) is 9.52. The van der Waals surface area contributed by atoms with E-state index in [1.807, 2.05) is 42.5 Å². The molecule has 1 amide bonds. The summed E-state index contributed by atoms with van der Waals surface area (Å²) in [5.74, 6) is 0.752. The first-order chi connectivity index (χ1) is 16.9. The van der Waals surface area contributed by atoms with Crippen molar-refractivity contribution in [3.05, 3.63) is 70.2 Å². The Balaban J connectivity index is 1.84. The summed E-state index contributed by atoms with van der Waals surface area (Å²) >= 11 is 0. The van der Waals surface area contributed by atoms with Crippen LogP contribution in [0.1, 0.15) is 61.4 Å². The first-order valence-electron chi connectivity index (χ1n) is 11.9. The summed E-state index contributed by atoms with van der Waals surface area (Å²) in [6.45, 7) is 9.22. The molecule has 0 fully saturated rings. The monoisotopic (exact) mass is 497 g/mol. The van der Waals surface area contributed by atoms with E-state index in [2.05, 4.69) is 9.97 Å². The van der Waals surface area contributed by atoms with E-state index in [4.69, 9.17) is 4.99 Å². The molecule has 1 aliphatic rings. The van der Waals surface area contributed by atoms with Crippen LogP contribution in [0.25, 0.3) is 16.5 Å². The second-order valence-corrected chi connectivity index (χ2v) is 9.40. The molecule has 6 nitrogen and oxygen atoms in total. The van der Waals surface area contributed by atoms with Crippen LogP contribution in [-0.4, -0.2) is 37.9 Å². The zero-order chi connectivity index (χ0) is 26.4. The number of nitrogens with zero attached hydrogens (tertiary/aromatic N) is 5. The Morgan fingerprint density at radius 2 is 1.97 bits per heavy atom. The van der Waals surface area contributed by atoms with Crippen molar-refractivity contribution in [2.24, 2.45) is 12.0 Å². The molecule has 0 saturated heterocycles. The van der Waals surface area contributed by atoms with Gasteiger partial charge in [0.15, 0.2) is 5.49 Å². The lowest BCUT2D eigenvalue weighted by molar-refractivity contribution is -0.138. The topological polar surface area (TPSA) is 63.4 Å². The van der Waals surface area contributed by atoms with E-state index in [9.17, 15) is 18.0 Å². The van der Waals surface area contributed by atoms with Gasteiger partial charge in [-0.15, -0.1) is 0 Å². The molecule has 4 rings (SSSR count). The molecule has 3 aromatic rings. The lowest BCUT2D eigenvalue weighted by atomic mass is 9.97. The molecule has 190 valence electrons. The fourth-order valence-electron chi connectivity index (χ4n) is 4.85. The summed E-state index contributed by atoms with van der Waals surface area (Å²) in [6.07, 6.45) is 0.0467. The third-order valence-corrected chi connectivity index (χ3v) is 7.00. The average Bonchev–Trinajstić information content (AvgIpc) is 2.81. The molecule has 0 aliphatic carbocycles. The van der Waals surface area contributed by atoms with Gasteiger partial charge in [-0.05, 0) is 62.9 Å². The molecule has 1 unspecified atom stereocenters. The quantitative estimate of drug-likeness (QED) is 0.494. The van der Waals surface area contributed by atoms with Crippen molar-refractivity contribution in [2.45, 2.75) is 59.3 Å². The first-order valence-corrected chi connectivity index (χ1v) is 11.9. The number of alkyl halides is 3. The van der Waals surface area contributed by atoms with Gasteiger partial charge in [0.05, 0.1) is 29.0 Å². The summed E-state index contributed by atoms with van der Waals surface area (Å²) in [6, 6.07) is 5.65. The first kappa shape index (κ1) is 25.6. The predicted molar refractivity (Wildman–Crippen MR) is 133 cm³/mol. The van der Waals surface area contributed by atoms with Gasteiger partial charge in [0.25, 0.3) is 0 Å². The van der Waals surface area contributed by atoms with Gasteiger partial charge >= 0.3 is 6.18 Å². The lowest BCUT2D eigenvalue weighted by Crippen LogP contribution is -2.39. The van der Waals surface area contributed by atoms with Crippen molar-refractivity contribution in [2.75, 3.05) is 6.54 Å². The molecule has 3 heterocycles. The van der Waals surface area contributed by atoms with Crippen LogP contribution in [0, 0.1) is 13.8 Å². The molecule has 0 N–H and O–H groups in total. The Morgan fingerprint density at radius 1 is 1.25 bits per heavy atom. The molecule has 2 atom stereocenters. The van der Waals surface area contributed by atoms with E-state index in [1.165, 1.54) is 13.0 Å². The summed E-state index contributed by atoms with van der Waals surface area (Å²) in [7, 11) is 1.89. The number of halogens is 3. The van der Waals surface area contributed by atoms with Gasteiger partial charge in [0.1, 0.15) is 5.82 Å². The molecule has 0 radical (unpaired) electrons. The average molecular weight is 498 g/mol. The van der Waals surface area contributed by atoms with Gasteiger partial charge in [0.2, 0.25) is 5.91 Å². The molecule has 0 bridgehead atoms. The number of carbonyl (C=O) groups is 1. The lowest BCUT2D eigenvalue weighted by Gasteiger charge is -2.32. The number of fused-ring (bicyclic) bond motifs is 1. The maximum atomic E-state index is 13.5. The Bertz CT molecular complexity index is 1440. The standard InChI is InChI=1S/C27H30F3N5O/c1-15-12-20(10-11-35(15)19(5)36)24-13-22-25(14-31-24)34(6)18(4)33-26(22)32-17(3)21-8-7-9-23(16(21)2)27(28,29)30/h7-10,13-15,17H,11-12H2,1-6H3/b32-26-/t15-,17?/m1/s1. The minimum atomic E-state index is -4.43. The molecule has 9 heteroatoms. The number of rotatable bonds is 3. The minimum Gasteiger partial charge on any atom is -0.336 e. The summed E-state index contributed by atoms with van der Waals surface area (Å²) in [5, 5.41) is 0.770. The fraction of sp³-hybridized carbons (Fsp3) is 0.407. The highest BCUT2D eigenvalue weighted by atomic mass is 19.4. The molecule has 0 spiro atoms. The van der Waals surface area contributed by atoms with Crippen LogP contribution in [0.4, 0.5) is 13.2 Å². The van der Waals surface area contributed by atoms with Crippen LogP contribution < -0.4 is 5.49 Å². The summed E-state index contributed by atoms with van der Waals surface area (Å²) < 4.78 is 42.3. The van der Waals surface area contributed by atoms with Gasteiger partial charge in [0, 0.05) is 31.9 Å². The number of aromatic nitrogens is 3. The third-order valence-electron chi connectivity index (χ3n) is 7.00. The number of benzene rings is 1. The largest absolute Gasteiger partial charge is 0.416 e. The van der Waals surface area contributed by atoms with Gasteiger partial charge < -0.3 is 9.47 Å². The Labute approximate surface area is 208 Å². The predicted octanol–water partition coefficient (Wildman–Crippen LogP) is 5.29. The highest BCUT2D eigenvalue weighted by Gasteiger charge is 2.33. The van der Waals surface area contributed by atoms with Gasteiger partial charge in [-0.3, -0.25) is 14.8 Å². The number of pyridine rings is 1. The van der Waals surface area contributed by atoms with E-state index in [-0.39, 0.29) is 17.5 Å². The molecule has 36 heavy (non-hydrogen) atoms. The minimum absolute atomic E-state index is 0.0379. The molecule has 1 aromatic carbocycles. The number of hydrogen-bond donors (Lipinski definition) is 0.